The molecule has 1 N–H and O–H groups in total. The Labute approximate surface area is 127 Å². The van der Waals surface area contributed by atoms with E-state index < -0.39 is 11.9 Å². The van der Waals surface area contributed by atoms with Gasteiger partial charge in [0, 0.05) is 19.0 Å². The molecule has 1 aliphatic rings. The molecule has 1 amide bonds. The zero-order valence-corrected chi connectivity index (χ0v) is 12.1. The van der Waals surface area contributed by atoms with Crippen molar-refractivity contribution in [3.8, 4) is 0 Å². The molecule has 0 radical (unpaired) electrons. The third kappa shape index (κ3) is 2.47. The van der Waals surface area contributed by atoms with E-state index in [4.69, 9.17) is 4.52 Å². The monoisotopic (exact) mass is 300 g/mol. The maximum absolute atomic E-state index is 12.5. The summed E-state index contributed by atoms with van der Waals surface area (Å²) in [5.74, 6) is -1.93. The topological polar surface area (TPSA) is 83.6 Å². The van der Waals surface area contributed by atoms with E-state index in [0.717, 1.165) is 5.56 Å². The van der Waals surface area contributed by atoms with Crippen LogP contribution in [0.3, 0.4) is 0 Å². The molecule has 0 aliphatic carbocycles. The van der Waals surface area contributed by atoms with E-state index in [9.17, 15) is 14.7 Å². The lowest BCUT2D eigenvalue weighted by Gasteiger charge is -2.15. The van der Waals surface area contributed by atoms with Crippen LogP contribution in [0.4, 0.5) is 0 Å². The first-order valence-corrected chi connectivity index (χ1v) is 7.06. The van der Waals surface area contributed by atoms with Gasteiger partial charge in [-0.05, 0) is 12.5 Å². The van der Waals surface area contributed by atoms with Gasteiger partial charge < -0.3 is 14.5 Å². The molecule has 3 rings (SSSR count). The van der Waals surface area contributed by atoms with Crippen molar-refractivity contribution in [2.45, 2.75) is 12.8 Å². The van der Waals surface area contributed by atoms with Crippen molar-refractivity contribution in [2.24, 2.45) is 5.92 Å². The largest absolute Gasteiger partial charge is 0.481 e. The highest BCUT2D eigenvalue weighted by Gasteiger charge is 2.41. The quantitative estimate of drug-likeness (QED) is 0.936. The molecule has 0 spiro atoms. The average Bonchev–Trinajstić information content (AvgIpc) is 3.14. The van der Waals surface area contributed by atoms with E-state index in [1.165, 1.54) is 6.26 Å². The number of carboxylic acids is 1. The van der Waals surface area contributed by atoms with Crippen LogP contribution >= 0.6 is 0 Å². The molecule has 0 unspecified atom stereocenters. The summed E-state index contributed by atoms with van der Waals surface area (Å²) in [6, 6.07) is 9.45. The fourth-order valence-corrected chi connectivity index (χ4v) is 2.93. The molecule has 1 saturated heterocycles. The van der Waals surface area contributed by atoms with E-state index in [1.807, 2.05) is 30.3 Å². The summed E-state index contributed by atoms with van der Waals surface area (Å²) in [6.07, 6.45) is 1.31. The standard InChI is InChI=1S/C16H16N2O4/c1-10-14(9-22-17-10)15(19)18-7-12(13(8-18)16(20)21)11-5-3-2-4-6-11/h2-6,9,12-13H,7-8H2,1H3,(H,20,21)/t12-,13+/m1/s1. The molecule has 0 bridgehead atoms. The Kier molecular flexibility index (Phi) is 3.66. The number of likely N-dealkylation sites (tertiary alicyclic amines) is 1. The van der Waals surface area contributed by atoms with Gasteiger partial charge in [0.05, 0.1) is 11.6 Å². The van der Waals surface area contributed by atoms with Crippen molar-refractivity contribution in [3.63, 3.8) is 0 Å². The molecule has 114 valence electrons. The third-order valence-electron chi connectivity index (χ3n) is 4.13. The highest BCUT2D eigenvalue weighted by molar-refractivity contribution is 5.95. The second-order valence-electron chi connectivity index (χ2n) is 5.49. The van der Waals surface area contributed by atoms with Gasteiger partial charge in [0.2, 0.25) is 0 Å². The van der Waals surface area contributed by atoms with Crippen molar-refractivity contribution < 1.29 is 19.2 Å². The Balaban J connectivity index is 1.86. The number of aliphatic carboxylic acids is 1. The molecule has 1 fully saturated rings. The van der Waals surface area contributed by atoms with Crippen LogP contribution in [0.5, 0.6) is 0 Å². The minimum absolute atomic E-state index is 0.193. The Morgan fingerprint density at radius 3 is 2.59 bits per heavy atom. The van der Waals surface area contributed by atoms with Crippen LogP contribution in [-0.4, -0.2) is 40.1 Å². The second-order valence-corrected chi connectivity index (χ2v) is 5.49. The summed E-state index contributed by atoms with van der Waals surface area (Å²) in [5, 5.41) is 13.2. The normalized spacial score (nSPS) is 21.0. The van der Waals surface area contributed by atoms with Crippen LogP contribution in [-0.2, 0) is 4.79 Å². The highest BCUT2D eigenvalue weighted by atomic mass is 16.5. The molecule has 6 nitrogen and oxygen atoms in total. The number of hydrogen-bond donors (Lipinski definition) is 1. The SMILES string of the molecule is Cc1nocc1C(=O)N1C[C@H](C(=O)O)[C@@H](c2ccccc2)C1. The van der Waals surface area contributed by atoms with Crippen LogP contribution in [0, 0.1) is 12.8 Å². The number of hydrogen-bond acceptors (Lipinski definition) is 4. The Morgan fingerprint density at radius 1 is 1.27 bits per heavy atom. The summed E-state index contributed by atoms with van der Waals surface area (Å²) in [5.41, 5.74) is 1.84. The number of nitrogens with zero attached hydrogens (tertiary/aromatic N) is 2. The van der Waals surface area contributed by atoms with Gasteiger partial charge in [0.25, 0.3) is 5.91 Å². The summed E-state index contributed by atoms with van der Waals surface area (Å²) < 4.78 is 4.80. The number of rotatable bonds is 3. The van der Waals surface area contributed by atoms with Gasteiger partial charge >= 0.3 is 5.97 Å². The van der Waals surface area contributed by atoms with E-state index in [0.29, 0.717) is 17.8 Å². The molecular formula is C16H16N2O4. The zero-order valence-electron chi connectivity index (χ0n) is 12.1. The predicted molar refractivity (Wildman–Crippen MR) is 77.5 cm³/mol. The maximum atomic E-state index is 12.5. The number of carboxylic acid groups (broad SMARTS) is 1. The van der Waals surface area contributed by atoms with Crippen LogP contribution < -0.4 is 0 Å². The van der Waals surface area contributed by atoms with E-state index in [2.05, 4.69) is 5.16 Å². The molecule has 2 aromatic rings. The van der Waals surface area contributed by atoms with Crippen molar-refractivity contribution in [2.75, 3.05) is 13.1 Å². The van der Waals surface area contributed by atoms with Crippen LogP contribution in [0.2, 0.25) is 0 Å². The van der Waals surface area contributed by atoms with Gasteiger partial charge in [-0.25, -0.2) is 0 Å². The summed E-state index contributed by atoms with van der Waals surface area (Å²) in [7, 11) is 0. The van der Waals surface area contributed by atoms with Crippen LogP contribution in [0.1, 0.15) is 27.5 Å². The van der Waals surface area contributed by atoms with Gasteiger partial charge in [-0.2, -0.15) is 0 Å². The van der Waals surface area contributed by atoms with Crippen LogP contribution in [0.25, 0.3) is 0 Å². The summed E-state index contributed by atoms with van der Waals surface area (Å²) in [6.45, 7) is 2.26. The Hall–Kier alpha value is -2.63. The van der Waals surface area contributed by atoms with Gasteiger partial charge in [0.15, 0.2) is 0 Å². The van der Waals surface area contributed by atoms with Crippen molar-refractivity contribution in [1.29, 1.82) is 0 Å². The van der Waals surface area contributed by atoms with Gasteiger partial charge in [-0.15, -0.1) is 0 Å². The fraction of sp³-hybridized carbons (Fsp3) is 0.312. The molecule has 1 aromatic heterocycles. The molecule has 0 saturated carbocycles. The van der Waals surface area contributed by atoms with E-state index in [1.54, 1.807) is 11.8 Å². The first-order chi connectivity index (χ1) is 10.6. The lowest BCUT2D eigenvalue weighted by atomic mass is 9.89. The second kappa shape index (κ2) is 5.63. The molecule has 22 heavy (non-hydrogen) atoms. The van der Waals surface area contributed by atoms with Crippen molar-refractivity contribution in [1.82, 2.24) is 10.1 Å². The van der Waals surface area contributed by atoms with Crippen LogP contribution in [0.15, 0.2) is 41.1 Å². The van der Waals surface area contributed by atoms with Crippen molar-refractivity contribution in [3.05, 3.63) is 53.4 Å². The Morgan fingerprint density at radius 2 is 2.00 bits per heavy atom. The molecular weight excluding hydrogens is 284 g/mol. The molecule has 1 aliphatic heterocycles. The predicted octanol–water partition coefficient (Wildman–Crippen LogP) is 1.92. The third-order valence-corrected chi connectivity index (χ3v) is 4.13. The van der Waals surface area contributed by atoms with Crippen molar-refractivity contribution >= 4 is 11.9 Å². The molecule has 1 aromatic carbocycles. The number of carbonyl (C=O) groups is 2. The van der Waals surface area contributed by atoms with E-state index >= 15 is 0 Å². The number of aryl methyl sites for hydroxylation is 1. The highest BCUT2D eigenvalue weighted by Crippen LogP contribution is 2.33. The first-order valence-electron chi connectivity index (χ1n) is 7.06. The zero-order chi connectivity index (χ0) is 15.7. The fourth-order valence-electron chi connectivity index (χ4n) is 2.93. The molecule has 2 atom stereocenters. The van der Waals surface area contributed by atoms with Gasteiger partial charge in [-0.1, -0.05) is 35.5 Å². The minimum atomic E-state index is -0.883. The van der Waals surface area contributed by atoms with Gasteiger partial charge in [-0.3, -0.25) is 9.59 Å². The molecule has 6 heteroatoms. The average molecular weight is 300 g/mol. The Bertz CT molecular complexity index is 695. The summed E-state index contributed by atoms with van der Waals surface area (Å²) >= 11 is 0. The van der Waals surface area contributed by atoms with E-state index in [-0.39, 0.29) is 18.4 Å². The van der Waals surface area contributed by atoms with Gasteiger partial charge in [0.1, 0.15) is 11.8 Å². The summed E-state index contributed by atoms with van der Waals surface area (Å²) in [4.78, 5) is 25.6. The molecule has 2 heterocycles. The number of carbonyl (C=O) groups excluding carboxylic acids is 1. The lowest BCUT2D eigenvalue weighted by Crippen LogP contribution is -2.30. The maximum Gasteiger partial charge on any atom is 0.308 e. The number of amides is 1. The lowest BCUT2D eigenvalue weighted by molar-refractivity contribution is -0.141. The number of aromatic nitrogens is 1. The minimum Gasteiger partial charge on any atom is -0.481 e. The number of benzene rings is 1. The first kappa shape index (κ1) is 14.3. The smallest absolute Gasteiger partial charge is 0.308 e.